The summed E-state index contributed by atoms with van der Waals surface area (Å²) in [6.07, 6.45) is 0.822. The number of carboxylic acids is 1. The van der Waals surface area contributed by atoms with Crippen LogP contribution in [0, 0.1) is 5.82 Å². The smallest absolute Gasteiger partial charge is 0.338 e. The molecule has 0 saturated carbocycles. The third-order valence-corrected chi connectivity index (χ3v) is 3.32. The molecule has 19 heavy (non-hydrogen) atoms. The zero-order valence-corrected chi connectivity index (χ0v) is 11.0. The lowest BCUT2D eigenvalue weighted by molar-refractivity contribution is 0.0692. The molecule has 98 valence electrons. The normalized spacial score (nSPS) is 10.5. The van der Waals surface area contributed by atoms with Crippen molar-refractivity contribution >= 4 is 17.6 Å². The first-order valence-corrected chi connectivity index (χ1v) is 6.22. The number of carboxylic acid groups (broad SMARTS) is 1. The van der Waals surface area contributed by atoms with Crippen LogP contribution >= 0.6 is 11.6 Å². The van der Waals surface area contributed by atoms with Gasteiger partial charge in [-0.15, -0.1) is 0 Å². The summed E-state index contributed by atoms with van der Waals surface area (Å²) >= 11 is 6.12. The summed E-state index contributed by atoms with van der Waals surface area (Å²) in [6, 6.07) is 9.51. The van der Waals surface area contributed by atoms with Crippen LogP contribution in [0.1, 0.15) is 22.8 Å². The summed E-state index contributed by atoms with van der Waals surface area (Å²) in [4.78, 5) is 10.9. The molecule has 0 unspecified atom stereocenters. The van der Waals surface area contributed by atoms with Gasteiger partial charge in [-0.3, -0.25) is 0 Å². The molecule has 2 aromatic carbocycles. The third-order valence-electron chi connectivity index (χ3n) is 2.96. The second-order valence-electron chi connectivity index (χ2n) is 4.16. The summed E-state index contributed by atoms with van der Waals surface area (Å²) in [5.74, 6) is -2.02. The molecule has 0 bridgehead atoms. The van der Waals surface area contributed by atoms with Crippen LogP contribution in [-0.2, 0) is 6.42 Å². The average Bonchev–Trinajstić information content (AvgIpc) is 2.38. The lowest BCUT2D eigenvalue weighted by Gasteiger charge is -2.07. The first-order chi connectivity index (χ1) is 9.02. The number of halogens is 2. The second kappa shape index (κ2) is 5.41. The van der Waals surface area contributed by atoms with Gasteiger partial charge in [0.2, 0.25) is 0 Å². The first-order valence-electron chi connectivity index (χ1n) is 5.84. The topological polar surface area (TPSA) is 37.3 Å². The maximum absolute atomic E-state index is 13.3. The number of rotatable bonds is 3. The lowest BCUT2D eigenvalue weighted by atomic mass is 10.0. The van der Waals surface area contributed by atoms with Crippen molar-refractivity contribution in [3.8, 4) is 11.1 Å². The number of benzene rings is 2. The van der Waals surface area contributed by atoms with E-state index in [9.17, 15) is 9.18 Å². The maximum atomic E-state index is 13.3. The van der Waals surface area contributed by atoms with Gasteiger partial charge in [0, 0.05) is 5.02 Å². The van der Waals surface area contributed by atoms with Crippen molar-refractivity contribution in [3.63, 3.8) is 0 Å². The van der Waals surface area contributed by atoms with Gasteiger partial charge in [-0.2, -0.15) is 0 Å². The van der Waals surface area contributed by atoms with E-state index in [4.69, 9.17) is 16.7 Å². The SMILES string of the molecule is CCc1ccc(-c2ccc(F)c(C(=O)O)c2)cc1Cl. The summed E-state index contributed by atoms with van der Waals surface area (Å²) in [7, 11) is 0. The van der Waals surface area contributed by atoms with E-state index >= 15 is 0 Å². The molecule has 1 N–H and O–H groups in total. The van der Waals surface area contributed by atoms with Crippen molar-refractivity contribution in [2.24, 2.45) is 0 Å². The molecule has 0 radical (unpaired) electrons. The van der Waals surface area contributed by atoms with Gasteiger partial charge in [-0.1, -0.05) is 36.7 Å². The first kappa shape index (κ1) is 13.6. The third kappa shape index (κ3) is 2.76. The van der Waals surface area contributed by atoms with E-state index in [1.54, 1.807) is 12.1 Å². The Hall–Kier alpha value is -1.87. The van der Waals surface area contributed by atoms with Crippen LogP contribution in [0.5, 0.6) is 0 Å². The fourth-order valence-electron chi connectivity index (χ4n) is 1.88. The van der Waals surface area contributed by atoms with Crippen LogP contribution in [0.25, 0.3) is 11.1 Å². The Morgan fingerprint density at radius 3 is 2.42 bits per heavy atom. The monoisotopic (exact) mass is 278 g/mol. The van der Waals surface area contributed by atoms with E-state index in [2.05, 4.69) is 0 Å². The Morgan fingerprint density at radius 2 is 1.84 bits per heavy atom. The summed E-state index contributed by atoms with van der Waals surface area (Å²) in [5.41, 5.74) is 2.08. The van der Waals surface area contributed by atoms with E-state index in [1.807, 2.05) is 19.1 Å². The maximum Gasteiger partial charge on any atom is 0.338 e. The predicted octanol–water partition coefficient (Wildman–Crippen LogP) is 4.41. The van der Waals surface area contributed by atoms with Crippen molar-refractivity contribution < 1.29 is 14.3 Å². The molecule has 0 aromatic heterocycles. The highest BCUT2D eigenvalue weighted by atomic mass is 35.5. The highest BCUT2D eigenvalue weighted by molar-refractivity contribution is 6.31. The number of aryl methyl sites for hydroxylation is 1. The largest absolute Gasteiger partial charge is 0.478 e. The van der Waals surface area contributed by atoms with Gasteiger partial charge in [0.1, 0.15) is 5.82 Å². The van der Waals surface area contributed by atoms with E-state index in [1.165, 1.54) is 6.07 Å². The fourth-order valence-corrected chi connectivity index (χ4v) is 2.20. The Morgan fingerprint density at radius 1 is 1.21 bits per heavy atom. The Bertz CT molecular complexity index is 638. The van der Waals surface area contributed by atoms with Crippen LogP contribution in [0.4, 0.5) is 4.39 Å². The summed E-state index contributed by atoms with van der Waals surface area (Å²) < 4.78 is 13.3. The second-order valence-corrected chi connectivity index (χ2v) is 4.57. The molecule has 0 fully saturated rings. The van der Waals surface area contributed by atoms with Crippen LogP contribution in [0.2, 0.25) is 5.02 Å². The van der Waals surface area contributed by atoms with Crippen molar-refractivity contribution in [2.75, 3.05) is 0 Å². The molecule has 0 amide bonds. The molecular weight excluding hydrogens is 267 g/mol. The molecule has 0 heterocycles. The van der Waals surface area contributed by atoms with Gasteiger partial charge in [-0.25, -0.2) is 9.18 Å². The lowest BCUT2D eigenvalue weighted by Crippen LogP contribution is -2.00. The number of hydrogen-bond donors (Lipinski definition) is 1. The minimum atomic E-state index is -1.28. The molecule has 0 atom stereocenters. The fraction of sp³-hybridized carbons (Fsp3) is 0.133. The molecule has 2 rings (SSSR count). The highest BCUT2D eigenvalue weighted by Crippen LogP contribution is 2.27. The number of aromatic carboxylic acids is 1. The zero-order chi connectivity index (χ0) is 14.0. The summed E-state index contributed by atoms with van der Waals surface area (Å²) in [5, 5.41) is 9.53. The molecule has 0 saturated heterocycles. The number of carbonyl (C=O) groups is 1. The molecule has 2 nitrogen and oxygen atoms in total. The quantitative estimate of drug-likeness (QED) is 0.903. The standard InChI is InChI=1S/C15H12ClFO2/c1-2-9-3-4-11(8-13(9)16)10-5-6-14(17)12(7-10)15(18)19/h3-8H,2H2,1H3,(H,18,19). The van der Waals surface area contributed by atoms with Gasteiger partial charge < -0.3 is 5.11 Å². The zero-order valence-electron chi connectivity index (χ0n) is 10.3. The molecule has 0 spiro atoms. The van der Waals surface area contributed by atoms with Crippen LogP contribution in [-0.4, -0.2) is 11.1 Å². The van der Waals surface area contributed by atoms with Crippen LogP contribution in [0.3, 0.4) is 0 Å². The molecule has 4 heteroatoms. The minimum absolute atomic E-state index is 0.340. The van der Waals surface area contributed by atoms with Gasteiger partial charge >= 0.3 is 5.97 Å². The van der Waals surface area contributed by atoms with Gasteiger partial charge in [0.15, 0.2) is 0 Å². The Balaban J connectivity index is 2.50. The van der Waals surface area contributed by atoms with E-state index < -0.39 is 11.8 Å². The Kier molecular flexibility index (Phi) is 3.86. The molecule has 0 aliphatic heterocycles. The van der Waals surface area contributed by atoms with E-state index in [-0.39, 0.29) is 5.56 Å². The highest BCUT2D eigenvalue weighted by Gasteiger charge is 2.12. The van der Waals surface area contributed by atoms with Crippen LogP contribution < -0.4 is 0 Å². The van der Waals surface area contributed by atoms with Crippen molar-refractivity contribution in [3.05, 3.63) is 58.4 Å². The van der Waals surface area contributed by atoms with E-state index in [0.717, 1.165) is 23.6 Å². The Labute approximate surface area is 115 Å². The number of hydrogen-bond acceptors (Lipinski definition) is 1. The molecule has 0 aliphatic carbocycles. The van der Waals surface area contributed by atoms with Crippen molar-refractivity contribution in [1.29, 1.82) is 0 Å². The predicted molar refractivity (Wildman–Crippen MR) is 73.2 cm³/mol. The average molecular weight is 279 g/mol. The van der Waals surface area contributed by atoms with Gasteiger partial charge in [0.05, 0.1) is 5.56 Å². The van der Waals surface area contributed by atoms with Crippen molar-refractivity contribution in [2.45, 2.75) is 13.3 Å². The van der Waals surface area contributed by atoms with Gasteiger partial charge in [0.25, 0.3) is 0 Å². The molecular formula is C15H12ClFO2. The van der Waals surface area contributed by atoms with Crippen LogP contribution in [0.15, 0.2) is 36.4 Å². The molecule has 2 aromatic rings. The molecule has 0 aliphatic rings. The van der Waals surface area contributed by atoms with Crippen molar-refractivity contribution in [1.82, 2.24) is 0 Å². The summed E-state index contributed by atoms with van der Waals surface area (Å²) in [6.45, 7) is 2.00. The van der Waals surface area contributed by atoms with Gasteiger partial charge in [-0.05, 0) is 41.3 Å². The van der Waals surface area contributed by atoms with E-state index in [0.29, 0.717) is 10.6 Å². The minimum Gasteiger partial charge on any atom is -0.478 e.